The second kappa shape index (κ2) is 6.60. The minimum absolute atomic E-state index is 0.0720. The highest BCUT2D eigenvalue weighted by Crippen LogP contribution is 2.09. The molecule has 6 heteroatoms. The summed E-state index contributed by atoms with van der Waals surface area (Å²) >= 11 is 0. The molecule has 6 nitrogen and oxygen atoms in total. The average molecular weight is 303 g/mol. The van der Waals surface area contributed by atoms with Gasteiger partial charge in [-0.15, -0.1) is 0 Å². The first-order chi connectivity index (χ1) is 10.3. The fourth-order valence-electron chi connectivity index (χ4n) is 2.32. The number of carbonyl (C=O) groups is 2. The third-order valence-electron chi connectivity index (χ3n) is 3.35. The van der Waals surface area contributed by atoms with Gasteiger partial charge in [-0.25, -0.2) is 9.78 Å². The Morgan fingerprint density at radius 1 is 1.41 bits per heavy atom. The van der Waals surface area contributed by atoms with Gasteiger partial charge in [-0.2, -0.15) is 0 Å². The molecule has 118 valence electrons. The summed E-state index contributed by atoms with van der Waals surface area (Å²) in [5.74, 6) is -1.14. The van der Waals surface area contributed by atoms with E-state index in [1.807, 2.05) is 43.5 Å². The monoisotopic (exact) mass is 303 g/mol. The number of amides is 1. The first-order valence-corrected chi connectivity index (χ1v) is 7.31. The van der Waals surface area contributed by atoms with Gasteiger partial charge in [0, 0.05) is 12.4 Å². The Bertz CT molecular complexity index is 691. The second-order valence-corrected chi connectivity index (χ2v) is 5.97. The van der Waals surface area contributed by atoms with Crippen molar-refractivity contribution in [3.63, 3.8) is 0 Å². The minimum Gasteiger partial charge on any atom is -0.480 e. The molecule has 2 heterocycles. The zero-order chi connectivity index (χ0) is 16.3. The number of aryl methyl sites for hydroxylation is 1. The van der Waals surface area contributed by atoms with E-state index in [0.29, 0.717) is 12.1 Å². The van der Waals surface area contributed by atoms with E-state index in [4.69, 9.17) is 5.11 Å². The molecular weight excluding hydrogens is 282 g/mol. The zero-order valence-corrected chi connectivity index (χ0v) is 13.0. The van der Waals surface area contributed by atoms with Gasteiger partial charge in [0.05, 0.1) is 12.1 Å². The summed E-state index contributed by atoms with van der Waals surface area (Å²) in [7, 11) is 0. The van der Waals surface area contributed by atoms with E-state index in [1.54, 1.807) is 6.20 Å². The van der Waals surface area contributed by atoms with Crippen molar-refractivity contribution in [2.24, 2.45) is 5.92 Å². The van der Waals surface area contributed by atoms with Crippen molar-refractivity contribution < 1.29 is 14.7 Å². The molecule has 1 unspecified atom stereocenters. The van der Waals surface area contributed by atoms with Gasteiger partial charge in [0.15, 0.2) is 0 Å². The lowest BCUT2D eigenvalue weighted by molar-refractivity contribution is -0.142. The maximum atomic E-state index is 12.0. The topological polar surface area (TPSA) is 83.7 Å². The van der Waals surface area contributed by atoms with Crippen LogP contribution in [0.1, 0.15) is 31.5 Å². The molecule has 0 aliphatic rings. The van der Waals surface area contributed by atoms with E-state index in [1.165, 1.54) is 0 Å². The second-order valence-electron chi connectivity index (χ2n) is 5.97. The van der Waals surface area contributed by atoms with Gasteiger partial charge in [-0.1, -0.05) is 13.8 Å². The van der Waals surface area contributed by atoms with Crippen LogP contribution in [0.15, 0.2) is 24.5 Å². The number of hydrogen-bond acceptors (Lipinski definition) is 3. The van der Waals surface area contributed by atoms with Gasteiger partial charge < -0.3 is 14.8 Å². The summed E-state index contributed by atoms with van der Waals surface area (Å²) in [5.41, 5.74) is 2.49. The summed E-state index contributed by atoms with van der Waals surface area (Å²) in [4.78, 5) is 27.6. The molecule has 0 spiro atoms. The number of hydrogen-bond donors (Lipinski definition) is 2. The Morgan fingerprint density at radius 2 is 2.14 bits per heavy atom. The number of carboxylic acid groups (broad SMARTS) is 1. The maximum absolute atomic E-state index is 12.0. The molecule has 1 amide bonds. The van der Waals surface area contributed by atoms with Crippen molar-refractivity contribution in [3.8, 4) is 0 Å². The van der Waals surface area contributed by atoms with Crippen molar-refractivity contribution >= 4 is 17.5 Å². The summed E-state index contributed by atoms with van der Waals surface area (Å²) in [6.45, 7) is 5.82. The highest BCUT2D eigenvalue weighted by Gasteiger charge is 2.21. The van der Waals surface area contributed by atoms with Crippen LogP contribution in [-0.4, -0.2) is 32.4 Å². The van der Waals surface area contributed by atoms with Gasteiger partial charge in [0.1, 0.15) is 11.7 Å². The van der Waals surface area contributed by atoms with E-state index in [9.17, 15) is 9.59 Å². The van der Waals surface area contributed by atoms with Crippen molar-refractivity contribution in [1.82, 2.24) is 14.7 Å². The lowest BCUT2D eigenvalue weighted by Crippen LogP contribution is -2.42. The number of imidazole rings is 1. The molecule has 2 aromatic rings. The Labute approximate surface area is 129 Å². The SMILES string of the molecule is Cc1ccn2cc(CC(=O)NC(CC(C)C)C(=O)O)nc2c1. The Balaban J connectivity index is 2.04. The molecule has 2 N–H and O–H groups in total. The van der Waals surface area contributed by atoms with Crippen LogP contribution in [0, 0.1) is 12.8 Å². The van der Waals surface area contributed by atoms with E-state index in [0.717, 1.165) is 11.2 Å². The van der Waals surface area contributed by atoms with Crippen LogP contribution in [0.25, 0.3) is 5.65 Å². The number of aliphatic carboxylic acids is 1. The number of nitrogens with one attached hydrogen (secondary N) is 1. The molecule has 0 bridgehead atoms. The fraction of sp³-hybridized carbons (Fsp3) is 0.438. The summed E-state index contributed by atoms with van der Waals surface area (Å²) in [6, 6.07) is 3.04. The maximum Gasteiger partial charge on any atom is 0.326 e. The van der Waals surface area contributed by atoms with Gasteiger partial charge in [-0.3, -0.25) is 4.79 Å². The molecule has 0 aliphatic carbocycles. The molecule has 0 radical (unpaired) electrons. The number of carboxylic acids is 1. The van der Waals surface area contributed by atoms with E-state index >= 15 is 0 Å². The predicted octanol–water partition coefficient (Wildman–Crippen LogP) is 1.80. The first kappa shape index (κ1) is 16.0. The van der Waals surface area contributed by atoms with Crippen LogP contribution in [0.3, 0.4) is 0 Å². The summed E-state index contributed by atoms with van der Waals surface area (Å²) in [6.07, 6.45) is 4.15. The Kier molecular flexibility index (Phi) is 4.80. The third kappa shape index (κ3) is 4.07. The van der Waals surface area contributed by atoms with Crippen molar-refractivity contribution in [3.05, 3.63) is 35.8 Å². The fourth-order valence-corrected chi connectivity index (χ4v) is 2.32. The van der Waals surface area contributed by atoms with E-state index in [2.05, 4.69) is 10.3 Å². The highest BCUT2D eigenvalue weighted by atomic mass is 16.4. The van der Waals surface area contributed by atoms with Crippen LogP contribution in [0.2, 0.25) is 0 Å². The molecule has 1 atom stereocenters. The van der Waals surface area contributed by atoms with Crippen LogP contribution in [0.4, 0.5) is 0 Å². The number of nitrogens with zero attached hydrogens (tertiary/aromatic N) is 2. The lowest BCUT2D eigenvalue weighted by atomic mass is 10.0. The minimum atomic E-state index is -1.01. The van der Waals surface area contributed by atoms with Crippen LogP contribution < -0.4 is 5.32 Å². The molecule has 22 heavy (non-hydrogen) atoms. The molecule has 0 saturated carbocycles. The molecule has 0 aromatic carbocycles. The molecule has 0 saturated heterocycles. The number of aromatic nitrogens is 2. The average Bonchev–Trinajstić information content (AvgIpc) is 2.78. The predicted molar refractivity (Wildman–Crippen MR) is 82.7 cm³/mol. The normalized spacial score (nSPS) is 12.5. The van der Waals surface area contributed by atoms with Crippen molar-refractivity contribution in [2.45, 2.75) is 39.7 Å². The Morgan fingerprint density at radius 3 is 2.77 bits per heavy atom. The molecule has 2 rings (SSSR count). The number of pyridine rings is 1. The van der Waals surface area contributed by atoms with Gasteiger partial charge in [0.25, 0.3) is 0 Å². The third-order valence-corrected chi connectivity index (χ3v) is 3.35. The van der Waals surface area contributed by atoms with Crippen LogP contribution in [-0.2, 0) is 16.0 Å². The van der Waals surface area contributed by atoms with E-state index in [-0.39, 0.29) is 18.2 Å². The molecule has 0 fully saturated rings. The number of rotatable bonds is 6. The highest BCUT2D eigenvalue weighted by molar-refractivity contribution is 5.84. The smallest absolute Gasteiger partial charge is 0.326 e. The van der Waals surface area contributed by atoms with Crippen molar-refractivity contribution in [2.75, 3.05) is 0 Å². The molecule has 2 aromatic heterocycles. The Hall–Kier alpha value is -2.37. The van der Waals surface area contributed by atoms with Crippen molar-refractivity contribution in [1.29, 1.82) is 0 Å². The van der Waals surface area contributed by atoms with Gasteiger partial charge >= 0.3 is 5.97 Å². The molecular formula is C16H21N3O3. The lowest BCUT2D eigenvalue weighted by Gasteiger charge is -2.16. The van der Waals surface area contributed by atoms with Crippen LogP contribution >= 0.6 is 0 Å². The van der Waals surface area contributed by atoms with Gasteiger partial charge in [0.2, 0.25) is 5.91 Å². The standard InChI is InChI=1S/C16H21N3O3/c1-10(2)6-13(16(21)22)18-15(20)8-12-9-19-5-4-11(3)7-14(19)17-12/h4-5,7,9-10,13H,6,8H2,1-3H3,(H,18,20)(H,21,22). The molecule has 0 aliphatic heterocycles. The number of fused-ring (bicyclic) bond motifs is 1. The summed E-state index contributed by atoms with van der Waals surface area (Å²) < 4.78 is 1.85. The zero-order valence-electron chi connectivity index (χ0n) is 13.0. The number of carbonyl (C=O) groups excluding carboxylic acids is 1. The first-order valence-electron chi connectivity index (χ1n) is 7.31. The van der Waals surface area contributed by atoms with Crippen LogP contribution in [0.5, 0.6) is 0 Å². The van der Waals surface area contributed by atoms with E-state index < -0.39 is 12.0 Å². The van der Waals surface area contributed by atoms with Gasteiger partial charge in [-0.05, 0) is 37.0 Å². The quantitative estimate of drug-likeness (QED) is 0.852. The summed E-state index contributed by atoms with van der Waals surface area (Å²) in [5, 5.41) is 11.7. The largest absolute Gasteiger partial charge is 0.480 e.